The van der Waals surface area contributed by atoms with Crippen LogP contribution in [0, 0.1) is 0 Å². The number of halogens is 3. The zero-order chi connectivity index (χ0) is 12.0. The van der Waals surface area contributed by atoms with E-state index in [0.29, 0.717) is 5.56 Å². The molecule has 16 heavy (non-hydrogen) atoms. The van der Waals surface area contributed by atoms with Crippen molar-refractivity contribution in [3.63, 3.8) is 0 Å². The Morgan fingerprint density at radius 3 is 2.50 bits per heavy atom. The second-order valence-electron chi connectivity index (χ2n) is 3.68. The van der Waals surface area contributed by atoms with E-state index >= 15 is 0 Å². The van der Waals surface area contributed by atoms with Gasteiger partial charge in [-0.15, -0.1) is 0 Å². The van der Waals surface area contributed by atoms with Gasteiger partial charge in [-0.3, -0.25) is 0 Å². The lowest BCUT2D eigenvalue weighted by Crippen LogP contribution is -2.39. The molecule has 1 aromatic rings. The van der Waals surface area contributed by atoms with Crippen LogP contribution < -0.4 is 0 Å². The van der Waals surface area contributed by atoms with Crippen molar-refractivity contribution in [1.82, 2.24) is 0 Å². The van der Waals surface area contributed by atoms with Crippen LogP contribution in [0.4, 0.5) is 13.2 Å². The van der Waals surface area contributed by atoms with Crippen molar-refractivity contribution in [2.45, 2.75) is 18.4 Å². The summed E-state index contributed by atoms with van der Waals surface area (Å²) in [6, 6.07) is 3.98. The first-order valence-electron chi connectivity index (χ1n) is 4.61. The van der Waals surface area contributed by atoms with Crippen LogP contribution in [0.2, 0.25) is 0 Å². The van der Waals surface area contributed by atoms with E-state index in [-0.39, 0.29) is 17.7 Å². The Kier molecular flexibility index (Phi) is 2.32. The van der Waals surface area contributed by atoms with Crippen molar-refractivity contribution in [1.29, 1.82) is 0 Å². The van der Waals surface area contributed by atoms with Gasteiger partial charge in [0.05, 0.1) is 6.61 Å². The highest BCUT2D eigenvalue weighted by molar-refractivity contribution is 5.65. The van der Waals surface area contributed by atoms with E-state index < -0.39 is 11.8 Å². The molecule has 0 saturated carbocycles. The largest absolute Gasteiger partial charge is 0.425 e. The molecule has 0 fully saturated rings. The lowest BCUT2D eigenvalue weighted by Gasteiger charge is -2.25. The topological polar surface area (TPSA) is 40.5 Å². The standard InChI is InChI=1S/C11H9F3O2/c12-11(13,14)10(16)4-3-8-5-7(6-15)1-2-9(8)10/h1-5,15-16H,6H2. The van der Waals surface area contributed by atoms with Crippen molar-refractivity contribution in [2.24, 2.45) is 0 Å². The normalized spacial score (nSPS) is 23.6. The van der Waals surface area contributed by atoms with Gasteiger partial charge in [-0.1, -0.05) is 18.2 Å². The van der Waals surface area contributed by atoms with Gasteiger partial charge in [-0.2, -0.15) is 13.2 Å². The zero-order valence-electron chi connectivity index (χ0n) is 8.12. The number of fused-ring (bicyclic) bond motifs is 1. The van der Waals surface area contributed by atoms with Crippen molar-refractivity contribution >= 4 is 6.08 Å². The molecule has 0 bridgehead atoms. The summed E-state index contributed by atoms with van der Waals surface area (Å²) in [6.45, 7) is -0.244. The molecule has 5 heteroatoms. The van der Waals surface area contributed by atoms with E-state index in [4.69, 9.17) is 5.11 Å². The van der Waals surface area contributed by atoms with Gasteiger partial charge in [-0.25, -0.2) is 0 Å². The quantitative estimate of drug-likeness (QED) is 0.774. The summed E-state index contributed by atoms with van der Waals surface area (Å²) in [4.78, 5) is 0. The summed E-state index contributed by atoms with van der Waals surface area (Å²) in [7, 11) is 0. The zero-order valence-corrected chi connectivity index (χ0v) is 8.12. The number of rotatable bonds is 1. The molecule has 1 aliphatic carbocycles. The molecule has 0 spiro atoms. The molecule has 0 heterocycles. The average Bonchev–Trinajstić information content (AvgIpc) is 2.56. The maximum atomic E-state index is 12.7. The van der Waals surface area contributed by atoms with Crippen LogP contribution in [0.15, 0.2) is 24.3 Å². The fourth-order valence-electron chi connectivity index (χ4n) is 1.74. The lowest BCUT2D eigenvalue weighted by molar-refractivity contribution is -0.244. The number of alkyl halides is 3. The molecule has 1 unspecified atom stereocenters. The summed E-state index contributed by atoms with van der Waals surface area (Å²) in [5.41, 5.74) is -2.31. The Morgan fingerprint density at radius 2 is 1.94 bits per heavy atom. The predicted octanol–water partition coefficient (Wildman–Crippen LogP) is 1.96. The first kappa shape index (κ1) is 11.2. The second kappa shape index (κ2) is 3.33. The molecule has 2 nitrogen and oxygen atoms in total. The van der Waals surface area contributed by atoms with E-state index in [1.807, 2.05) is 0 Å². The van der Waals surface area contributed by atoms with Gasteiger partial charge in [-0.05, 0) is 23.3 Å². The summed E-state index contributed by atoms with van der Waals surface area (Å²) < 4.78 is 38.0. The molecule has 0 amide bonds. The van der Waals surface area contributed by atoms with Gasteiger partial charge < -0.3 is 10.2 Å². The molecule has 1 aromatic carbocycles. The van der Waals surface area contributed by atoms with E-state index in [2.05, 4.69) is 0 Å². The Bertz CT molecular complexity index is 451. The first-order chi connectivity index (χ1) is 7.38. The van der Waals surface area contributed by atoms with Gasteiger partial charge in [0.25, 0.3) is 0 Å². The Hall–Kier alpha value is -1.33. The van der Waals surface area contributed by atoms with Gasteiger partial charge in [0.2, 0.25) is 5.60 Å². The minimum atomic E-state index is -4.74. The minimum Gasteiger partial charge on any atom is -0.392 e. The SMILES string of the molecule is OCc1ccc2c(c1)C=CC2(O)C(F)(F)F. The first-order valence-corrected chi connectivity index (χ1v) is 4.61. The number of hydrogen-bond donors (Lipinski definition) is 2. The Balaban J connectivity index is 2.53. The highest BCUT2D eigenvalue weighted by Crippen LogP contribution is 2.45. The average molecular weight is 230 g/mol. The number of aliphatic hydroxyl groups is 2. The van der Waals surface area contributed by atoms with E-state index in [1.165, 1.54) is 24.3 Å². The Labute approximate surface area is 89.6 Å². The van der Waals surface area contributed by atoms with Crippen molar-refractivity contribution in [2.75, 3.05) is 0 Å². The molecule has 2 N–H and O–H groups in total. The summed E-state index contributed by atoms with van der Waals surface area (Å²) in [5.74, 6) is 0. The van der Waals surface area contributed by atoms with Gasteiger partial charge in [0.15, 0.2) is 0 Å². The minimum absolute atomic E-state index is 0.197. The molecule has 0 saturated heterocycles. The maximum Gasteiger partial charge on any atom is 0.425 e. The van der Waals surface area contributed by atoms with Crippen LogP contribution in [0.1, 0.15) is 16.7 Å². The van der Waals surface area contributed by atoms with E-state index in [1.54, 1.807) is 0 Å². The Morgan fingerprint density at radius 1 is 1.25 bits per heavy atom. The van der Waals surface area contributed by atoms with Crippen LogP contribution in [0.5, 0.6) is 0 Å². The molecular weight excluding hydrogens is 221 g/mol. The fourth-order valence-corrected chi connectivity index (χ4v) is 1.74. The molecule has 1 atom stereocenters. The molecule has 1 aliphatic rings. The summed E-state index contributed by atoms with van der Waals surface area (Å²) >= 11 is 0. The van der Waals surface area contributed by atoms with Crippen LogP contribution in [0.25, 0.3) is 6.08 Å². The molecular formula is C11H9F3O2. The second-order valence-corrected chi connectivity index (χ2v) is 3.68. The van der Waals surface area contributed by atoms with E-state index in [9.17, 15) is 18.3 Å². The molecule has 0 aromatic heterocycles. The predicted molar refractivity (Wildman–Crippen MR) is 51.4 cm³/mol. The van der Waals surface area contributed by atoms with E-state index in [0.717, 1.165) is 6.08 Å². The number of aliphatic hydroxyl groups excluding tert-OH is 1. The van der Waals surface area contributed by atoms with Crippen LogP contribution in [-0.2, 0) is 12.2 Å². The third-order valence-corrected chi connectivity index (χ3v) is 2.65. The van der Waals surface area contributed by atoms with Gasteiger partial charge in [0, 0.05) is 5.56 Å². The van der Waals surface area contributed by atoms with Crippen LogP contribution in [0.3, 0.4) is 0 Å². The highest BCUT2D eigenvalue weighted by Gasteiger charge is 2.55. The lowest BCUT2D eigenvalue weighted by atomic mass is 9.94. The van der Waals surface area contributed by atoms with Gasteiger partial charge in [0.1, 0.15) is 0 Å². The monoisotopic (exact) mass is 230 g/mol. The van der Waals surface area contributed by atoms with Crippen molar-refractivity contribution in [3.8, 4) is 0 Å². The number of hydrogen-bond acceptors (Lipinski definition) is 2. The molecule has 0 radical (unpaired) electrons. The third-order valence-electron chi connectivity index (χ3n) is 2.65. The summed E-state index contributed by atoms with van der Waals surface area (Å²) in [5, 5.41) is 18.4. The maximum absolute atomic E-state index is 12.7. The van der Waals surface area contributed by atoms with Crippen molar-refractivity contribution in [3.05, 3.63) is 41.0 Å². The molecule has 2 rings (SSSR count). The highest BCUT2D eigenvalue weighted by atomic mass is 19.4. The third kappa shape index (κ3) is 1.44. The van der Waals surface area contributed by atoms with Crippen molar-refractivity contribution < 1.29 is 23.4 Å². The molecule has 0 aliphatic heterocycles. The van der Waals surface area contributed by atoms with Gasteiger partial charge >= 0.3 is 6.18 Å². The number of benzene rings is 1. The van der Waals surface area contributed by atoms with Crippen LogP contribution >= 0.6 is 0 Å². The molecule has 86 valence electrons. The van der Waals surface area contributed by atoms with Crippen LogP contribution in [-0.4, -0.2) is 16.4 Å². The summed E-state index contributed by atoms with van der Waals surface area (Å²) in [6.07, 6.45) is -2.81. The smallest absolute Gasteiger partial charge is 0.392 e. The fraction of sp³-hybridized carbons (Fsp3) is 0.273.